The SMILES string of the molecule is Fc1ccc(C(OCC2CC3CCC(C2)N3CCCc2ccccc2)c2ccc(F)cc2)cc1. The van der Waals surface area contributed by atoms with Gasteiger partial charge in [-0.1, -0.05) is 54.6 Å². The zero-order valence-corrected chi connectivity index (χ0v) is 19.6. The average Bonchev–Trinajstić information content (AvgIpc) is 3.09. The molecule has 2 fully saturated rings. The molecule has 2 bridgehead atoms. The van der Waals surface area contributed by atoms with Gasteiger partial charge in [0.25, 0.3) is 0 Å². The van der Waals surface area contributed by atoms with E-state index in [1.54, 1.807) is 24.3 Å². The molecule has 0 spiro atoms. The molecule has 0 radical (unpaired) electrons. The first-order valence-electron chi connectivity index (χ1n) is 12.6. The summed E-state index contributed by atoms with van der Waals surface area (Å²) in [5.74, 6) is -0.0121. The lowest BCUT2D eigenvalue weighted by Gasteiger charge is -2.39. The van der Waals surface area contributed by atoms with Crippen molar-refractivity contribution in [2.75, 3.05) is 13.2 Å². The van der Waals surface area contributed by atoms with E-state index in [1.165, 1.54) is 68.5 Å². The highest BCUT2D eigenvalue weighted by molar-refractivity contribution is 5.30. The first-order valence-corrected chi connectivity index (χ1v) is 12.6. The van der Waals surface area contributed by atoms with Crippen LogP contribution in [0.1, 0.15) is 54.9 Å². The van der Waals surface area contributed by atoms with Crippen LogP contribution < -0.4 is 0 Å². The van der Waals surface area contributed by atoms with Gasteiger partial charge in [0.2, 0.25) is 0 Å². The van der Waals surface area contributed by atoms with Gasteiger partial charge in [-0.05, 0) is 91.9 Å². The molecule has 2 aliphatic heterocycles. The maximum absolute atomic E-state index is 13.5. The molecule has 0 aliphatic carbocycles. The van der Waals surface area contributed by atoms with Crippen LogP contribution in [0.25, 0.3) is 0 Å². The van der Waals surface area contributed by atoms with Crippen LogP contribution in [0.2, 0.25) is 0 Å². The fourth-order valence-electron chi connectivity index (χ4n) is 5.89. The van der Waals surface area contributed by atoms with E-state index in [2.05, 4.69) is 35.2 Å². The standard InChI is InChI=1S/C30H33F2NO/c31-26-12-8-24(9-13-26)30(25-10-14-27(32)15-11-25)34-21-23-19-28-16-17-29(20-23)33(28)18-4-7-22-5-2-1-3-6-22/h1-3,5-6,8-15,23,28-30H,4,7,16-21H2. The molecule has 5 rings (SSSR count). The Labute approximate surface area is 201 Å². The highest BCUT2D eigenvalue weighted by Gasteiger charge is 2.40. The minimum atomic E-state index is -0.317. The molecule has 2 aliphatic rings. The Morgan fingerprint density at radius 2 is 1.32 bits per heavy atom. The number of hydrogen-bond donors (Lipinski definition) is 0. The third-order valence-electron chi connectivity index (χ3n) is 7.55. The van der Waals surface area contributed by atoms with Crippen molar-refractivity contribution < 1.29 is 13.5 Å². The number of fused-ring (bicyclic) bond motifs is 2. The summed E-state index contributed by atoms with van der Waals surface area (Å²) in [6, 6.07) is 25.0. The van der Waals surface area contributed by atoms with E-state index >= 15 is 0 Å². The summed E-state index contributed by atoms with van der Waals surface area (Å²) in [6.07, 6.45) is 6.93. The summed E-state index contributed by atoms with van der Waals surface area (Å²) >= 11 is 0. The van der Waals surface area contributed by atoms with Gasteiger partial charge in [0, 0.05) is 12.1 Å². The Morgan fingerprint density at radius 1 is 0.765 bits per heavy atom. The highest BCUT2D eigenvalue weighted by atomic mass is 19.1. The van der Waals surface area contributed by atoms with E-state index in [0.29, 0.717) is 24.6 Å². The summed E-state index contributed by atoms with van der Waals surface area (Å²) in [6.45, 7) is 1.84. The van der Waals surface area contributed by atoms with Crippen molar-refractivity contribution in [3.8, 4) is 0 Å². The van der Waals surface area contributed by atoms with Crippen LogP contribution in [-0.4, -0.2) is 30.1 Å². The van der Waals surface area contributed by atoms with Crippen molar-refractivity contribution in [1.82, 2.24) is 4.90 Å². The number of nitrogens with zero attached hydrogens (tertiary/aromatic N) is 1. The van der Waals surface area contributed by atoms with Crippen molar-refractivity contribution in [2.45, 2.75) is 56.7 Å². The summed E-state index contributed by atoms with van der Waals surface area (Å²) in [5, 5.41) is 0. The van der Waals surface area contributed by atoms with E-state index < -0.39 is 0 Å². The van der Waals surface area contributed by atoms with Crippen LogP contribution in [0, 0.1) is 17.6 Å². The smallest absolute Gasteiger partial charge is 0.123 e. The molecule has 0 N–H and O–H groups in total. The molecule has 2 saturated heterocycles. The molecule has 4 heteroatoms. The Balaban J connectivity index is 1.19. The molecule has 34 heavy (non-hydrogen) atoms. The molecule has 0 amide bonds. The second-order valence-electron chi connectivity index (χ2n) is 9.87. The van der Waals surface area contributed by atoms with Gasteiger partial charge in [-0.2, -0.15) is 0 Å². The zero-order valence-electron chi connectivity index (χ0n) is 19.6. The normalized spacial score (nSPS) is 22.4. The van der Waals surface area contributed by atoms with E-state index in [4.69, 9.17) is 4.74 Å². The topological polar surface area (TPSA) is 12.5 Å². The van der Waals surface area contributed by atoms with Crippen LogP contribution in [-0.2, 0) is 11.2 Å². The average molecular weight is 462 g/mol. The van der Waals surface area contributed by atoms with Gasteiger partial charge >= 0.3 is 0 Å². The van der Waals surface area contributed by atoms with Crippen LogP contribution in [0.3, 0.4) is 0 Å². The molecule has 0 aromatic heterocycles. The number of halogens is 2. The fourth-order valence-corrected chi connectivity index (χ4v) is 5.89. The maximum atomic E-state index is 13.5. The number of benzene rings is 3. The van der Waals surface area contributed by atoms with Crippen LogP contribution in [0.15, 0.2) is 78.9 Å². The number of aryl methyl sites for hydroxylation is 1. The molecule has 3 aromatic carbocycles. The molecular weight excluding hydrogens is 428 g/mol. The third kappa shape index (κ3) is 5.56. The Bertz CT molecular complexity index is 978. The van der Waals surface area contributed by atoms with Crippen LogP contribution in [0.5, 0.6) is 0 Å². The lowest BCUT2D eigenvalue weighted by atomic mass is 9.90. The van der Waals surface area contributed by atoms with Crippen molar-refractivity contribution in [1.29, 1.82) is 0 Å². The number of rotatable bonds is 9. The second-order valence-corrected chi connectivity index (χ2v) is 9.87. The maximum Gasteiger partial charge on any atom is 0.123 e. The molecule has 2 unspecified atom stereocenters. The molecule has 2 atom stereocenters. The lowest BCUT2D eigenvalue weighted by molar-refractivity contribution is 0.0119. The summed E-state index contributed by atoms with van der Waals surface area (Å²) in [7, 11) is 0. The summed E-state index contributed by atoms with van der Waals surface area (Å²) < 4.78 is 33.5. The lowest BCUT2D eigenvalue weighted by Crippen LogP contribution is -2.44. The third-order valence-corrected chi connectivity index (χ3v) is 7.55. The molecule has 2 heterocycles. The van der Waals surface area contributed by atoms with Crippen LogP contribution >= 0.6 is 0 Å². The van der Waals surface area contributed by atoms with Gasteiger partial charge in [-0.25, -0.2) is 8.78 Å². The molecule has 2 nitrogen and oxygen atoms in total. The Morgan fingerprint density at radius 3 is 1.88 bits per heavy atom. The first-order chi connectivity index (χ1) is 16.7. The van der Waals surface area contributed by atoms with E-state index in [0.717, 1.165) is 17.5 Å². The number of ether oxygens (including phenoxy) is 1. The first kappa shape index (κ1) is 23.2. The van der Waals surface area contributed by atoms with Crippen LogP contribution in [0.4, 0.5) is 8.78 Å². The second kappa shape index (κ2) is 10.8. The van der Waals surface area contributed by atoms with Gasteiger partial charge in [-0.15, -0.1) is 0 Å². The molecule has 3 aromatic rings. The predicted octanol–water partition coefficient (Wildman–Crippen LogP) is 6.95. The van der Waals surface area contributed by atoms with Crippen molar-refractivity contribution >= 4 is 0 Å². The van der Waals surface area contributed by atoms with Gasteiger partial charge in [0.1, 0.15) is 17.7 Å². The largest absolute Gasteiger partial charge is 0.368 e. The van der Waals surface area contributed by atoms with E-state index in [-0.39, 0.29) is 17.7 Å². The predicted molar refractivity (Wildman–Crippen MR) is 132 cm³/mol. The van der Waals surface area contributed by atoms with Crippen molar-refractivity contribution in [2.24, 2.45) is 5.92 Å². The molecule has 178 valence electrons. The van der Waals surface area contributed by atoms with Gasteiger partial charge in [0.05, 0.1) is 6.61 Å². The van der Waals surface area contributed by atoms with E-state index in [1.807, 2.05) is 0 Å². The highest BCUT2D eigenvalue weighted by Crippen LogP contribution is 2.40. The van der Waals surface area contributed by atoms with Crippen molar-refractivity contribution in [3.05, 3.63) is 107 Å². The number of piperidine rings is 1. The summed E-state index contributed by atoms with van der Waals surface area (Å²) in [5.41, 5.74) is 3.22. The molecule has 0 saturated carbocycles. The van der Waals surface area contributed by atoms with Crippen molar-refractivity contribution in [3.63, 3.8) is 0 Å². The fraction of sp³-hybridized carbons (Fsp3) is 0.400. The van der Waals surface area contributed by atoms with Gasteiger partial charge < -0.3 is 4.74 Å². The number of hydrogen-bond acceptors (Lipinski definition) is 2. The summed E-state index contributed by atoms with van der Waals surface area (Å²) in [4.78, 5) is 2.75. The molecular formula is C30H33F2NO. The zero-order chi connectivity index (χ0) is 23.3. The minimum absolute atomic E-state index is 0.266. The quantitative estimate of drug-likeness (QED) is 0.342. The van der Waals surface area contributed by atoms with Gasteiger partial charge in [0.15, 0.2) is 0 Å². The monoisotopic (exact) mass is 461 g/mol. The Hall–Kier alpha value is -2.56. The van der Waals surface area contributed by atoms with E-state index in [9.17, 15) is 8.78 Å². The van der Waals surface area contributed by atoms with Gasteiger partial charge in [-0.3, -0.25) is 4.90 Å². The minimum Gasteiger partial charge on any atom is -0.368 e. The Kier molecular flexibility index (Phi) is 7.36.